The highest BCUT2D eigenvalue weighted by Gasteiger charge is 2.17. The van der Waals surface area contributed by atoms with E-state index in [-0.39, 0.29) is 5.82 Å². The third kappa shape index (κ3) is 4.68. The zero-order valence-electron chi connectivity index (χ0n) is 21.4. The number of hydrogen-bond donors (Lipinski definition) is 3. The molecule has 4 heterocycles. The van der Waals surface area contributed by atoms with E-state index >= 15 is 0 Å². The van der Waals surface area contributed by atoms with Crippen molar-refractivity contribution in [2.75, 3.05) is 6.54 Å². The summed E-state index contributed by atoms with van der Waals surface area (Å²) in [5.74, 6) is 1.18. The minimum atomic E-state index is -0.276. The minimum absolute atomic E-state index is 0.276. The van der Waals surface area contributed by atoms with Crippen LogP contribution in [0.5, 0.6) is 0 Å². The molecule has 0 unspecified atom stereocenters. The number of aromatic amines is 2. The lowest BCUT2D eigenvalue weighted by Gasteiger charge is -2.11. The molecule has 0 bridgehead atoms. The number of benzene rings is 2. The van der Waals surface area contributed by atoms with Crippen molar-refractivity contribution in [3.63, 3.8) is 0 Å². The van der Waals surface area contributed by atoms with E-state index in [9.17, 15) is 4.39 Å². The van der Waals surface area contributed by atoms with Gasteiger partial charge in [-0.05, 0) is 72.3 Å². The molecule has 1 aliphatic rings. The summed E-state index contributed by atoms with van der Waals surface area (Å²) in [5, 5.41) is 12.3. The first-order valence-electron chi connectivity index (χ1n) is 13.4. The van der Waals surface area contributed by atoms with Crippen molar-refractivity contribution in [2.24, 2.45) is 5.92 Å². The monoisotopic (exact) mass is 517 g/mol. The van der Waals surface area contributed by atoms with Gasteiger partial charge in [-0.25, -0.2) is 9.37 Å². The summed E-state index contributed by atoms with van der Waals surface area (Å²) in [6.07, 6.45) is 12.8. The maximum Gasteiger partial charge on any atom is 0.159 e. The van der Waals surface area contributed by atoms with Crippen LogP contribution in [0.25, 0.3) is 55.7 Å². The molecule has 2 aromatic carbocycles. The van der Waals surface area contributed by atoms with Gasteiger partial charge in [0.25, 0.3) is 0 Å². The van der Waals surface area contributed by atoms with E-state index in [4.69, 9.17) is 4.98 Å². The van der Waals surface area contributed by atoms with Gasteiger partial charge in [0.2, 0.25) is 0 Å². The molecule has 3 N–H and O–H groups in total. The van der Waals surface area contributed by atoms with E-state index in [1.54, 1.807) is 24.5 Å². The van der Waals surface area contributed by atoms with Crippen LogP contribution in [-0.2, 0) is 6.54 Å². The van der Waals surface area contributed by atoms with Crippen LogP contribution in [0.15, 0.2) is 73.3 Å². The molecule has 7 rings (SSSR count). The number of nitrogens with one attached hydrogen (secondary N) is 3. The van der Waals surface area contributed by atoms with Crippen molar-refractivity contribution in [3.8, 4) is 33.8 Å². The van der Waals surface area contributed by atoms with E-state index in [1.807, 2.05) is 18.5 Å². The number of H-pyrrole nitrogens is 2. The van der Waals surface area contributed by atoms with Gasteiger partial charge in [0.1, 0.15) is 11.5 Å². The second kappa shape index (κ2) is 10.0. The van der Waals surface area contributed by atoms with Crippen molar-refractivity contribution in [3.05, 3.63) is 84.7 Å². The Kier molecular flexibility index (Phi) is 6.09. The Morgan fingerprint density at radius 1 is 0.846 bits per heavy atom. The lowest BCUT2D eigenvalue weighted by molar-refractivity contribution is 0.489. The van der Waals surface area contributed by atoms with Gasteiger partial charge in [-0.2, -0.15) is 5.10 Å². The molecule has 0 spiro atoms. The Hall–Kier alpha value is -4.43. The number of pyridine rings is 2. The SMILES string of the molecule is Fc1ccc(-c2cncc3[nH]c(-c4n[nH]c5ccc(-c6cncc(CNCC7CCCC7)c6)cc45)nc23)cc1. The van der Waals surface area contributed by atoms with Crippen LogP contribution in [-0.4, -0.2) is 36.7 Å². The molecular formula is C31H28FN7. The van der Waals surface area contributed by atoms with Gasteiger partial charge in [0, 0.05) is 41.6 Å². The van der Waals surface area contributed by atoms with Crippen LogP contribution >= 0.6 is 0 Å². The van der Waals surface area contributed by atoms with E-state index in [0.29, 0.717) is 5.82 Å². The second-order valence-electron chi connectivity index (χ2n) is 10.4. The molecule has 0 amide bonds. The van der Waals surface area contributed by atoms with Gasteiger partial charge in [-0.15, -0.1) is 0 Å². The molecule has 39 heavy (non-hydrogen) atoms. The smallest absolute Gasteiger partial charge is 0.159 e. The van der Waals surface area contributed by atoms with Crippen molar-refractivity contribution < 1.29 is 4.39 Å². The van der Waals surface area contributed by atoms with E-state index in [0.717, 1.165) is 68.9 Å². The van der Waals surface area contributed by atoms with Crippen LogP contribution in [0.3, 0.4) is 0 Å². The van der Waals surface area contributed by atoms with E-state index in [1.165, 1.54) is 43.4 Å². The standard InChI is InChI=1S/C31H28FN7/c32-24-8-5-21(6-9-24)26-17-35-18-28-29(26)37-31(36-28)30-25-12-22(7-10-27(25)38-39-30)23-11-20(15-34-16-23)14-33-13-19-3-1-2-4-19/h5-12,15-19,33H,1-4,13-14H2,(H,36,37)(H,38,39). The Morgan fingerprint density at radius 2 is 1.67 bits per heavy atom. The molecule has 0 aliphatic heterocycles. The molecule has 1 saturated carbocycles. The number of halogens is 1. The summed E-state index contributed by atoms with van der Waals surface area (Å²) < 4.78 is 13.5. The summed E-state index contributed by atoms with van der Waals surface area (Å²) >= 11 is 0. The number of imidazole rings is 1. The van der Waals surface area contributed by atoms with Crippen LogP contribution in [0.1, 0.15) is 31.2 Å². The van der Waals surface area contributed by atoms with E-state index < -0.39 is 0 Å². The number of nitrogens with zero attached hydrogens (tertiary/aromatic N) is 4. The minimum Gasteiger partial charge on any atom is -0.335 e. The first-order chi connectivity index (χ1) is 19.2. The molecule has 7 nitrogen and oxygen atoms in total. The topological polar surface area (TPSA) is 95.2 Å². The molecule has 0 radical (unpaired) electrons. The summed E-state index contributed by atoms with van der Waals surface area (Å²) in [6.45, 7) is 1.89. The predicted octanol–water partition coefficient (Wildman–Crippen LogP) is 6.65. The molecule has 0 saturated heterocycles. The molecular weight excluding hydrogens is 489 g/mol. The molecule has 1 fully saturated rings. The predicted molar refractivity (Wildman–Crippen MR) is 151 cm³/mol. The number of fused-ring (bicyclic) bond motifs is 2. The lowest BCUT2D eigenvalue weighted by Crippen LogP contribution is -2.20. The Morgan fingerprint density at radius 3 is 2.54 bits per heavy atom. The first kappa shape index (κ1) is 23.7. The highest BCUT2D eigenvalue weighted by atomic mass is 19.1. The highest BCUT2D eigenvalue weighted by molar-refractivity contribution is 5.98. The molecule has 194 valence electrons. The zero-order chi connectivity index (χ0) is 26.2. The molecule has 0 atom stereocenters. The van der Waals surface area contributed by atoms with Crippen molar-refractivity contribution in [1.82, 2.24) is 35.5 Å². The molecule has 4 aromatic heterocycles. The first-order valence-corrected chi connectivity index (χ1v) is 13.4. The van der Waals surface area contributed by atoms with Gasteiger partial charge in [0.15, 0.2) is 5.82 Å². The fourth-order valence-corrected chi connectivity index (χ4v) is 5.64. The largest absolute Gasteiger partial charge is 0.335 e. The third-order valence-corrected chi connectivity index (χ3v) is 7.70. The van der Waals surface area contributed by atoms with Crippen molar-refractivity contribution in [2.45, 2.75) is 32.2 Å². The van der Waals surface area contributed by atoms with Gasteiger partial charge < -0.3 is 10.3 Å². The van der Waals surface area contributed by atoms with Crippen LogP contribution < -0.4 is 5.32 Å². The Bertz CT molecular complexity index is 1760. The van der Waals surface area contributed by atoms with Gasteiger partial charge in [-0.3, -0.25) is 15.1 Å². The van der Waals surface area contributed by atoms with Gasteiger partial charge in [0.05, 0.1) is 22.7 Å². The summed E-state index contributed by atoms with van der Waals surface area (Å²) in [5.41, 5.74) is 8.21. The molecule has 1 aliphatic carbocycles. The quantitative estimate of drug-likeness (QED) is 0.220. The third-order valence-electron chi connectivity index (χ3n) is 7.70. The normalized spacial score (nSPS) is 14.1. The average molecular weight is 518 g/mol. The summed E-state index contributed by atoms with van der Waals surface area (Å²) in [4.78, 5) is 17.2. The summed E-state index contributed by atoms with van der Waals surface area (Å²) in [6, 6.07) is 14.8. The number of rotatable bonds is 7. The second-order valence-corrected chi connectivity index (χ2v) is 10.4. The molecule has 8 heteroatoms. The Balaban J connectivity index is 1.20. The van der Waals surface area contributed by atoms with Crippen LogP contribution in [0.2, 0.25) is 0 Å². The fourth-order valence-electron chi connectivity index (χ4n) is 5.64. The number of hydrogen-bond acceptors (Lipinski definition) is 5. The maximum absolute atomic E-state index is 13.5. The van der Waals surface area contributed by atoms with Gasteiger partial charge >= 0.3 is 0 Å². The average Bonchev–Trinajstić information content (AvgIpc) is 3.73. The zero-order valence-corrected chi connectivity index (χ0v) is 21.4. The van der Waals surface area contributed by atoms with Crippen molar-refractivity contribution >= 4 is 21.9 Å². The van der Waals surface area contributed by atoms with E-state index in [2.05, 4.69) is 48.7 Å². The maximum atomic E-state index is 13.5. The number of aromatic nitrogens is 6. The fraction of sp³-hybridized carbons (Fsp3) is 0.226. The van der Waals surface area contributed by atoms with Crippen molar-refractivity contribution in [1.29, 1.82) is 0 Å². The summed E-state index contributed by atoms with van der Waals surface area (Å²) in [7, 11) is 0. The lowest BCUT2D eigenvalue weighted by atomic mass is 10.0. The van der Waals surface area contributed by atoms with Gasteiger partial charge in [-0.1, -0.05) is 31.0 Å². The highest BCUT2D eigenvalue weighted by Crippen LogP contribution is 2.33. The Labute approximate surface area is 224 Å². The van der Waals surface area contributed by atoms with Crippen LogP contribution in [0, 0.1) is 11.7 Å². The molecule has 6 aromatic rings. The van der Waals surface area contributed by atoms with Crippen LogP contribution in [0.4, 0.5) is 4.39 Å².